The summed E-state index contributed by atoms with van der Waals surface area (Å²) in [5, 5.41) is 0.619. The minimum Gasteiger partial charge on any atom is -0.198 e. The Kier molecular flexibility index (Phi) is 6.11. The van der Waals surface area contributed by atoms with Crippen molar-refractivity contribution in [2.24, 2.45) is 0 Å². The molecule has 0 saturated carbocycles. The van der Waals surface area contributed by atoms with Crippen LogP contribution >= 0.6 is 15.9 Å². The average molecular weight is 273 g/mol. The molecule has 1 unspecified atom stereocenters. The van der Waals surface area contributed by atoms with Gasteiger partial charge >= 0.3 is 0 Å². The second-order valence-corrected chi connectivity index (χ2v) is 5.11. The van der Waals surface area contributed by atoms with Crippen molar-refractivity contribution in [1.82, 2.24) is 9.03 Å². The van der Waals surface area contributed by atoms with Crippen molar-refractivity contribution in [3.8, 4) is 0 Å². The van der Waals surface area contributed by atoms with E-state index in [1.54, 1.807) is 0 Å². The lowest BCUT2D eigenvalue weighted by atomic mass is 10.4. The van der Waals surface area contributed by atoms with E-state index in [0.717, 1.165) is 0 Å². The van der Waals surface area contributed by atoms with Gasteiger partial charge in [-0.1, -0.05) is 29.8 Å². The Morgan fingerprint density at radius 2 is 1.85 bits per heavy atom. The molecule has 0 bridgehead atoms. The molecule has 0 aromatic rings. The Labute approximate surface area is 89.0 Å². The molecule has 1 N–H and O–H groups in total. The van der Waals surface area contributed by atoms with Gasteiger partial charge in [-0.25, -0.2) is 0 Å². The lowest BCUT2D eigenvalue weighted by molar-refractivity contribution is 0.430. The first kappa shape index (κ1) is 13.4. The smallest absolute Gasteiger partial charge is 0.198 e. The molecule has 0 aromatic heterocycles. The van der Waals surface area contributed by atoms with Crippen LogP contribution in [0.2, 0.25) is 0 Å². The Morgan fingerprint density at radius 3 is 2.15 bits per heavy atom. The van der Waals surface area contributed by atoms with Crippen LogP contribution in [0.4, 0.5) is 0 Å². The van der Waals surface area contributed by atoms with Crippen molar-refractivity contribution in [2.45, 2.75) is 26.8 Å². The van der Waals surface area contributed by atoms with Crippen molar-refractivity contribution >= 4 is 26.1 Å². The predicted octanol–water partition coefficient (Wildman–Crippen LogP) is 0.946. The molecule has 0 amide bonds. The number of nitrogens with one attached hydrogen (secondary N) is 1. The van der Waals surface area contributed by atoms with Gasteiger partial charge in [0, 0.05) is 24.5 Å². The van der Waals surface area contributed by atoms with Crippen molar-refractivity contribution < 1.29 is 8.42 Å². The van der Waals surface area contributed by atoms with Crippen LogP contribution in [0.15, 0.2) is 0 Å². The van der Waals surface area contributed by atoms with Gasteiger partial charge < -0.3 is 0 Å². The Morgan fingerprint density at radius 1 is 1.38 bits per heavy atom. The third-order valence-corrected chi connectivity index (χ3v) is 4.49. The zero-order valence-corrected chi connectivity index (χ0v) is 10.7. The van der Waals surface area contributed by atoms with E-state index in [-0.39, 0.29) is 6.04 Å². The van der Waals surface area contributed by atoms with Crippen molar-refractivity contribution in [3.63, 3.8) is 0 Å². The molecule has 1 atom stereocenters. The summed E-state index contributed by atoms with van der Waals surface area (Å²) in [6.45, 7) is 6.46. The van der Waals surface area contributed by atoms with Gasteiger partial charge in [0.05, 0.1) is 0 Å². The van der Waals surface area contributed by atoms with E-state index in [2.05, 4.69) is 20.7 Å². The average Bonchev–Trinajstić information content (AvgIpc) is 2.05. The van der Waals surface area contributed by atoms with Crippen LogP contribution in [-0.2, 0) is 10.2 Å². The van der Waals surface area contributed by atoms with Crippen LogP contribution < -0.4 is 4.72 Å². The molecule has 80 valence electrons. The van der Waals surface area contributed by atoms with Gasteiger partial charge in [-0.2, -0.15) is 17.4 Å². The highest BCUT2D eigenvalue weighted by molar-refractivity contribution is 9.09. The highest BCUT2D eigenvalue weighted by atomic mass is 79.9. The molecule has 0 aliphatic carbocycles. The SMILES string of the molecule is CCN(CC)S(=O)(=O)NC(C)CBr. The Hall–Kier alpha value is 0.350. The van der Waals surface area contributed by atoms with Gasteiger partial charge in [0.15, 0.2) is 0 Å². The number of halogens is 1. The van der Waals surface area contributed by atoms with Crippen molar-refractivity contribution in [2.75, 3.05) is 18.4 Å². The maximum atomic E-state index is 11.6. The summed E-state index contributed by atoms with van der Waals surface area (Å²) >= 11 is 3.21. The lowest BCUT2D eigenvalue weighted by Gasteiger charge is -2.21. The molecule has 6 heteroatoms. The molecule has 0 fully saturated rings. The highest BCUT2D eigenvalue weighted by Gasteiger charge is 2.19. The fourth-order valence-corrected chi connectivity index (χ4v) is 2.72. The summed E-state index contributed by atoms with van der Waals surface area (Å²) in [6.07, 6.45) is 0. The first-order valence-electron chi connectivity index (χ1n) is 4.31. The van der Waals surface area contributed by atoms with Gasteiger partial charge in [-0.3, -0.25) is 0 Å². The van der Waals surface area contributed by atoms with E-state index in [9.17, 15) is 8.42 Å². The number of rotatable bonds is 6. The van der Waals surface area contributed by atoms with Crippen LogP contribution in [0.1, 0.15) is 20.8 Å². The first-order chi connectivity index (χ1) is 5.97. The molecule has 0 rings (SSSR count). The summed E-state index contributed by atoms with van der Waals surface area (Å²) in [6, 6.07) is -0.0781. The van der Waals surface area contributed by atoms with E-state index in [0.29, 0.717) is 18.4 Å². The summed E-state index contributed by atoms with van der Waals surface area (Å²) in [5.41, 5.74) is 0. The van der Waals surface area contributed by atoms with E-state index in [4.69, 9.17) is 0 Å². The summed E-state index contributed by atoms with van der Waals surface area (Å²) in [4.78, 5) is 0. The molecule has 0 spiro atoms. The predicted molar refractivity (Wildman–Crippen MR) is 58.2 cm³/mol. The maximum Gasteiger partial charge on any atom is 0.279 e. The summed E-state index contributed by atoms with van der Waals surface area (Å²) in [7, 11) is -3.28. The van der Waals surface area contributed by atoms with Crippen LogP contribution in [-0.4, -0.2) is 37.2 Å². The quantitative estimate of drug-likeness (QED) is 0.732. The summed E-state index contributed by atoms with van der Waals surface area (Å²) in [5.74, 6) is 0. The topological polar surface area (TPSA) is 49.4 Å². The monoisotopic (exact) mass is 272 g/mol. The standard InChI is InChI=1S/C7H17BrN2O2S/c1-4-10(5-2)13(11,12)9-7(3)6-8/h7,9H,4-6H2,1-3H3. The van der Waals surface area contributed by atoms with E-state index in [1.165, 1.54) is 4.31 Å². The number of hydrogen-bond acceptors (Lipinski definition) is 2. The number of nitrogens with zero attached hydrogens (tertiary/aromatic N) is 1. The second kappa shape index (κ2) is 5.95. The van der Waals surface area contributed by atoms with Crippen molar-refractivity contribution in [3.05, 3.63) is 0 Å². The zero-order valence-electron chi connectivity index (χ0n) is 8.25. The first-order valence-corrected chi connectivity index (χ1v) is 6.87. The Balaban J connectivity index is 4.38. The third kappa shape index (κ3) is 4.39. The Bertz CT molecular complexity index is 227. The third-order valence-electron chi connectivity index (χ3n) is 1.63. The van der Waals surface area contributed by atoms with Gasteiger partial charge in [0.25, 0.3) is 10.2 Å². The fraction of sp³-hybridized carbons (Fsp3) is 1.00. The van der Waals surface area contributed by atoms with Gasteiger partial charge in [0.1, 0.15) is 0 Å². The molecule has 0 heterocycles. The van der Waals surface area contributed by atoms with E-state index >= 15 is 0 Å². The second-order valence-electron chi connectivity index (χ2n) is 2.76. The lowest BCUT2D eigenvalue weighted by Crippen LogP contribution is -2.44. The fourth-order valence-electron chi connectivity index (χ4n) is 0.924. The van der Waals surface area contributed by atoms with Gasteiger partial charge in [0.2, 0.25) is 0 Å². The highest BCUT2D eigenvalue weighted by Crippen LogP contribution is 1.99. The molecular formula is C7H17BrN2O2S. The van der Waals surface area contributed by atoms with E-state index < -0.39 is 10.2 Å². The minimum atomic E-state index is -3.28. The van der Waals surface area contributed by atoms with Crippen LogP contribution in [0.3, 0.4) is 0 Å². The van der Waals surface area contributed by atoms with Crippen LogP contribution in [0.25, 0.3) is 0 Å². The maximum absolute atomic E-state index is 11.6. The molecule has 4 nitrogen and oxygen atoms in total. The van der Waals surface area contributed by atoms with Crippen LogP contribution in [0, 0.1) is 0 Å². The molecule has 0 aliphatic rings. The van der Waals surface area contributed by atoms with Crippen LogP contribution in [0.5, 0.6) is 0 Å². The molecule has 13 heavy (non-hydrogen) atoms. The number of hydrogen-bond donors (Lipinski definition) is 1. The van der Waals surface area contributed by atoms with Gasteiger partial charge in [-0.15, -0.1) is 0 Å². The largest absolute Gasteiger partial charge is 0.279 e. The van der Waals surface area contributed by atoms with Crippen molar-refractivity contribution in [1.29, 1.82) is 0 Å². The minimum absolute atomic E-state index is 0.0781. The molecule has 0 radical (unpaired) electrons. The molecule has 0 aliphatic heterocycles. The number of alkyl halides is 1. The molecule has 0 aromatic carbocycles. The molecular weight excluding hydrogens is 256 g/mol. The normalized spacial score (nSPS) is 14.8. The zero-order chi connectivity index (χ0) is 10.5. The van der Waals surface area contributed by atoms with Gasteiger partial charge in [-0.05, 0) is 6.92 Å². The summed E-state index contributed by atoms with van der Waals surface area (Å²) < 4.78 is 27.1. The van der Waals surface area contributed by atoms with E-state index in [1.807, 2.05) is 20.8 Å². The molecule has 0 saturated heterocycles.